The summed E-state index contributed by atoms with van der Waals surface area (Å²) in [4.78, 5) is 24.3. The fourth-order valence-electron chi connectivity index (χ4n) is 2.63. The Morgan fingerprint density at radius 1 is 1.35 bits per heavy atom. The Bertz CT molecular complexity index is 379. The average Bonchev–Trinajstić information content (AvgIpc) is 2.73. The fourth-order valence-corrected chi connectivity index (χ4v) is 2.63. The number of hydrogen-bond donors (Lipinski definition) is 2. The molecular formula is C12H18F3N3O2. The molecule has 0 bridgehead atoms. The van der Waals surface area contributed by atoms with Gasteiger partial charge in [0.1, 0.15) is 0 Å². The number of carbonyl (C=O) groups is 2. The summed E-state index contributed by atoms with van der Waals surface area (Å²) < 4.78 is 36.7. The van der Waals surface area contributed by atoms with E-state index in [0.717, 1.165) is 0 Å². The molecule has 0 aromatic carbocycles. The van der Waals surface area contributed by atoms with Gasteiger partial charge in [-0.05, 0) is 25.9 Å². The van der Waals surface area contributed by atoms with Crippen LogP contribution in [0.15, 0.2) is 0 Å². The van der Waals surface area contributed by atoms with Gasteiger partial charge >= 0.3 is 6.18 Å². The highest BCUT2D eigenvalue weighted by molar-refractivity contribution is 5.83. The lowest BCUT2D eigenvalue weighted by Gasteiger charge is -2.32. The summed E-state index contributed by atoms with van der Waals surface area (Å²) in [6, 6.07) is -0.191. The number of likely N-dealkylation sites (tertiary alicyclic amines) is 1. The number of halogens is 3. The van der Waals surface area contributed by atoms with Crippen LogP contribution in [0.5, 0.6) is 0 Å². The van der Waals surface area contributed by atoms with E-state index in [9.17, 15) is 22.8 Å². The molecule has 2 saturated heterocycles. The molecule has 0 saturated carbocycles. The summed E-state index contributed by atoms with van der Waals surface area (Å²) in [6.07, 6.45) is -3.06. The third-order valence-corrected chi connectivity index (χ3v) is 3.69. The van der Waals surface area contributed by atoms with E-state index >= 15 is 0 Å². The summed E-state index contributed by atoms with van der Waals surface area (Å²) in [5, 5.41) is 5.40. The zero-order valence-corrected chi connectivity index (χ0v) is 11.0. The zero-order chi connectivity index (χ0) is 14.8. The topological polar surface area (TPSA) is 61.4 Å². The molecule has 2 rings (SSSR count). The number of hydrogen-bond acceptors (Lipinski definition) is 3. The Kier molecular flexibility index (Phi) is 4.52. The quantitative estimate of drug-likeness (QED) is 0.785. The molecule has 2 amide bonds. The van der Waals surface area contributed by atoms with Crippen molar-refractivity contribution in [3.63, 3.8) is 0 Å². The van der Waals surface area contributed by atoms with Gasteiger partial charge in [-0.2, -0.15) is 13.2 Å². The Morgan fingerprint density at radius 3 is 2.50 bits per heavy atom. The molecule has 0 aliphatic carbocycles. The Balaban J connectivity index is 1.73. The minimum atomic E-state index is -4.19. The Hall–Kier alpha value is -1.31. The van der Waals surface area contributed by atoms with Gasteiger partial charge in [0.05, 0.1) is 12.6 Å². The van der Waals surface area contributed by atoms with E-state index in [1.54, 1.807) is 0 Å². The molecular weight excluding hydrogens is 275 g/mol. The van der Waals surface area contributed by atoms with Crippen molar-refractivity contribution in [2.24, 2.45) is 5.92 Å². The summed E-state index contributed by atoms with van der Waals surface area (Å²) in [5.74, 6) is -0.497. The van der Waals surface area contributed by atoms with E-state index < -0.39 is 12.7 Å². The summed E-state index contributed by atoms with van der Waals surface area (Å²) >= 11 is 0. The molecule has 2 N–H and O–H groups in total. The van der Waals surface area contributed by atoms with Gasteiger partial charge in [-0.3, -0.25) is 14.5 Å². The predicted octanol–water partition coefficient (Wildman–Crippen LogP) is 0.265. The molecule has 2 fully saturated rings. The summed E-state index contributed by atoms with van der Waals surface area (Å²) in [6.45, 7) is 0.0682. The van der Waals surface area contributed by atoms with Crippen LogP contribution in [0.1, 0.15) is 19.3 Å². The van der Waals surface area contributed by atoms with Crippen LogP contribution in [0.3, 0.4) is 0 Å². The predicted molar refractivity (Wildman–Crippen MR) is 64.8 cm³/mol. The van der Waals surface area contributed by atoms with Gasteiger partial charge < -0.3 is 10.6 Å². The van der Waals surface area contributed by atoms with Crippen LogP contribution in [0.4, 0.5) is 13.2 Å². The largest absolute Gasteiger partial charge is 0.401 e. The van der Waals surface area contributed by atoms with E-state index in [1.165, 1.54) is 4.90 Å². The van der Waals surface area contributed by atoms with Gasteiger partial charge in [0.15, 0.2) is 0 Å². The third kappa shape index (κ3) is 4.36. The first-order valence-electron chi connectivity index (χ1n) is 6.69. The molecule has 0 aromatic heterocycles. The lowest BCUT2D eigenvalue weighted by atomic mass is 9.95. The van der Waals surface area contributed by atoms with Crippen molar-refractivity contribution >= 4 is 11.8 Å². The maximum atomic E-state index is 12.2. The van der Waals surface area contributed by atoms with Crippen molar-refractivity contribution < 1.29 is 22.8 Å². The van der Waals surface area contributed by atoms with Gasteiger partial charge in [0.25, 0.3) is 0 Å². The molecule has 5 nitrogen and oxygen atoms in total. The van der Waals surface area contributed by atoms with Crippen LogP contribution < -0.4 is 10.6 Å². The minimum absolute atomic E-state index is 0.0877. The van der Waals surface area contributed by atoms with Crippen LogP contribution >= 0.6 is 0 Å². The molecule has 2 aliphatic rings. The van der Waals surface area contributed by atoms with Gasteiger partial charge in [-0.25, -0.2) is 0 Å². The van der Waals surface area contributed by atoms with E-state index in [0.29, 0.717) is 19.4 Å². The van der Waals surface area contributed by atoms with Crippen LogP contribution in [0.25, 0.3) is 0 Å². The standard InChI is InChI=1S/C12H18F3N3O2/c13-12(14,15)7-18-3-1-8(2-4-18)11(20)17-9-5-10(19)16-6-9/h8-9H,1-7H2,(H,16,19)(H,17,20). The number of carbonyl (C=O) groups excluding carboxylic acids is 2. The molecule has 0 radical (unpaired) electrons. The first-order valence-corrected chi connectivity index (χ1v) is 6.69. The van der Waals surface area contributed by atoms with Gasteiger partial charge in [-0.1, -0.05) is 0 Å². The highest BCUT2D eigenvalue weighted by Crippen LogP contribution is 2.22. The van der Waals surface area contributed by atoms with Crippen molar-refractivity contribution in [3.05, 3.63) is 0 Å². The maximum Gasteiger partial charge on any atom is 0.401 e. The number of nitrogens with zero attached hydrogens (tertiary/aromatic N) is 1. The normalized spacial score (nSPS) is 25.6. The first-order chi connectivity index (χ1) is 9.33. The van der Waals surface area contributed by atoms with Crippen LogP contribution in [0, 0.1) is 5.92 Å². The average molecular weight is 293 g/mol. The van der Waals surface area contributed by atoms with Gasteiger partial charge in [-0.15, -0.1) is 0 Å². The SMILES string of the molecule is O=C1CC(NC(=O)C2CCN(CC(F)(F)F)CC2)CN1. The van der Waals surface area contributed by atoms with Crippen molar-refractivity contribution in [2.45, 2.75) is 31.5 Å². The lowest BCUT2D eigenvalue weighted by Crippen LogP contribution is -2.46. The molecule has 8 heteroatoms. The molecule has 0 spiro atoms. The second-order valence-corrected chi connectivity index (χ2v) is 5.38. The van der Waals surface area contributed by atoms with Crippen molar-refractivity contribution in [3.8, 4) is 0 Å². The molecule has 1 atom stereocenters. The number of rotatable bonds is 3. The monoisotopic (exact) mass is 293 g/mol. The minimum Gasteiger partial charge on any atom is -0.354 e. The third-order valence-electron chi connectivity index (χ3n) is 3.69. The van der Waals surface area contributed by atoms with E-state index in [2.05, 4.69) is 10.6 Å². The highest BCUT2D eigenvalue weighted by Gasteiger charge is 2.34. The molecule has 20 heavy (non-hydrogen) atoms. The van der Waals surface area contributed by atoms with Crippen LogP contribution in [-0.2, 0) is 9.59 Å². The second kappa shape index (κ2) is 5.99. The fraction of sp³-hybridized carbons (Fsp3) is 0.833. The molecule has 2 aliphatic heterocycles. The van der Waals surface area contributed by atoms with Crippen LogP contribution in [0.2, 0.25) is 0 Å². The van der Waals surface area contributed by atoms with E-state index in [1.807, 2.05) is 0 Å². The Morgan fingerprint density at radius 2 is 2.00 bits per heavy atom. The molecule has 1 unspecified atom stereocenters. The number of amides is 2. The van der Waals surface area contributed by atoms with E-state index in [4.69, 9.17) is 0 Å². The van der Waals surface area contributed by atoms with E-state index in [-0.39, 0.29) is 43.3 Å². The highest BCUT2D eigenvalue weighted by atomic mass is 19.4. The second-order valence-electron chi connectivity index (χ2n) is 5.38. The van der Waals surface area contributed by atoms with Gasteiger partial charge in [0, 0.05) is 18.9 Å². The first kappa shape index (κ1) is 15.1. The van der Waals surface area contributed by atoms with Gasteiger partial charge in [0.2, 0.25) is 11.8 Å². The molecule has 114 valence electrons. The summed E-state index contributed by atoms with van der Waals surface area (Å²) in [7, 11) is 0. The smallest absolute Gasteiger partial charge is 0.354 e. The zero-order valence-electron chi connectivity index (χ0n) is 11.0. The number of nitrogens with one attached hydrogen (secondary N) is 2. The number of piperidine rings is 1. The van der Waals surface area contributed by atoms with Crippen molar-refractivity contribution in [1.29, 1.82) is 0 Å². The Labute approximate surface area is 114 Å². The number of alkyl halides is 3. The molecule has 0 aromatic rings. The van der Waals surface area contributed by atoms with Crippen molar-refractivity contribution in [1.82, 2.24) is 15.5 Å². The lowest BCUT2D eigenvalue weighted by molar-refractivity contribution is -0.149. The van der Waals surface area contributed by atoms with Crippen molar-refractivity contribution in [2.75, 3.05) is 26.2 Å². The molecule has 2 heterocycles. The summed E-state index contributed by atoms with van der Waals surface area (Å²) in [5.41, 5.74) is 0. The maximum absolute atomic E-state index is 12.2. The van der Waals surface area contributed by atoms with Crippen LogP contribution in [-0.4, -0.2) is 55.1 Å².